The van der Waals surface area contributed by atoms with E-state index in [0.717, 1.165) is 0 Å². The molecule has 0 rings (SSSR count). The summed E-state index contributed by atoms with van der Waals surface area (Å²) in [6.07, 6.45) is 2.83. The minimum atomic E-state index is -0.478. The van der Waals surface area contributed by atoms with Gasteiger partial charge in [-0.15, -0.1) is 0 Å². The van der Waals surface area contributed by atoms with Crippen molar-refractivity contribution in [1.29, 1.82) is 0 Å². The van der Waals surface area contributed by atoms with Gasteiger partial charge in [0.05, 0.1) is 4.92 Å². The fourth-order valence-corrected chi connectivity index (χ4v) is 1.05. The van der Waals surface area contributed by atoms with Crippen molar-refractivity contribution in [3.63, 3.8) is 0 Å². The first-order chi connectivity index (χ1) is 6.99. The molecule has 0 amide bonds. The Bertz CT molecular complexity index is 391. The topological polar surface area (TPSA) is 69.2 Å². The van der Waals surface area contributed by atoms with Crippen LogP contribution >= 0.6 is 30.1 Å². The summed E-state index contributed by atoms with van der Waals surface area (Å²) < 4.78 is 0. The summed E-state index contributed by atoms with van der Waals surface area (Å²) in [5.41, 5.74) is 6.27. The zero-order chi connectivity index (χ0) is 11.8. The van der Waals surface area contributed by atoms with Gasteiger partial charge in [-0.2, -0.15) is 0 Å². The molecule has 0 heterocycles. The van der Waals surface area contributed by atoms with Crippen LogP contribution in [0.1, 0.15) is 6.92 Å². The van der Waals surface area contributed by atoms with E-state index in [1.54, 1.807) is 0 Å². The summed E-state index contributed by atoms with van der Waals surface area (Å²) in [5, 5.41) is 13.0. The number of halogens is 1. The molecule has 0 aromatic rings. The maximum Gasteiger partial charge on any atom is 0.243 e. The Kier molecular flexibility index (Phi) is 6.90. The quantitative estimate of drug-likeness (QED) is 0.283. The van der Waals surface area contributed by atoms with E-state index in [1.807, 2.05) is 21.2 Å². The second-order valence-corrected chi connectivity index (χ2v) is 4.15. The van der Waals surface area contributed by atoms with Gasteiger partial charge >= 0.3 is 0 Å². The average molecular weight is 336 g/mol. The standard InChI is InChI=1S/C9H9IN2O2S/c1-7(12(13)14)3-4-9(8(2)11)5-6-15-10/h3-4H,2,11H2,1H3/b7-3+,9-4-. The molecule has 0 atom stereocenters. The first-order valence-corrected chi connectivity index (χ1v) is 7.11. The molecule has 2 N–H and O–H groups in total. The van der Waals surface area contributed by atoms with Crippen molar-refractivity contribution in [3.8, 4) is 11.2 Å². The lowest BCUT2D eigenvalue weighted by Crippen LogP contribution is -1.97. The van der Waals surface area contributed by atoms with Crippen LogP contribution in [0.25, 0.3) is 0 Å². The highest BCUT2D eigenvalue weighted by molar-refractivity contribution is 14.2. The molecule has 0 aliphatic rings. The number of hydrogen-bond donors (Lipinski definition) is 1. The molecule has 0 aliphatic heterocycles. The van der Waals surface area contributed by atoms with Gasteiger partial charge in [0, 0.05) is 45.5 Å². The minimum absolute atomic E-state index is 0.0256. The van der Waals surface area contributed by atoms with E-state index < -0.39 is 4.92 Å². The lowest BCUT2D eigenvalue weighted by atomic mass is 10.2. The summed E-state index contributed by atoms with van der Waals surface area (Å²) in [6.45, 7) is 4.92. The summed E-state index contributed by atoms with van der Waals surface area (Å²) in [5.74, 6) is 2.74. The third-order valence-electron chi connectivity index (χ3n) is 1.35. The van der Waals surface area contributed by atoms with Crippen molar-refractivity contribution in [2.24, 2.45) is 5.73 Å². The predicted octanol–water partition coefficient (Wildman–Crippen LogP) is 2.61. The molecule has 0 radical (unpaired) electrons. The van der Waals surface area contributed by atoms with E-state index in [0.29, 0.717) is 11.3 Å². The molecule has 4 nitrogen and oxygen atoms in total. The summed E-state index contributed by atoms with van der Waals surface area (Å²) >= 11 is 2.02. The molecule has 0 saturated carbocycles. The predicted molar refractivity (Wildman–Crippen MR) is 71.5 cm³/mol. The van der Waals surface area contributed by atoms with Gasteiger partial charge in [0.15, 0.2) is 0 Å². The maximum absolute atomic E-state index is 10.3. The van der Waals surface area contributed by atoms with Crippen LogP contribution in [0.3, 0.4) is 0 Å². The SMILES string of the molecule is C=C(N)/C(C#CSI)=C\C=C(/C)[N+](=O)[O-]. The van der Waals surface area contributed by atoms with Crippen molar-refractivity contribution in [1.82, 2.24) is 0 Å². The number of nitrogens with two attached hydrogens (primary N) is 1. The molecule has 80 valence electrons. The van der Waals surface area contributed by atoms with Gasteiger partial charge in [-0.05, 0) is 20.3 Å². The van der Waals surface area contributed by atoms with Crippen molar-refractivity contribution in [2.45, 2.75) is 6.92 Å². The van der Waals surface area contributed by atoms with Crippen LogP contribution in [0, 0.1) is 21.3 Å². The Balaban J connectivity index is 4.94. The Labute approximate surface area is 104 Å². The van der Waals surface area contributed by atoms with Crippen LogP contribution in [0.15, 0.2) is 35.7 Å². The van der Waals surface area contributed by atoms with E-state index in [9.17, 15) is 10.1 Å². The van der Waals surface area contributed by atoms with Crippen LogP contribution < -0.4 is 5.73 Å². The molecule has 0 spiro atoms. The first kappa shape index (κ1) is 14.1. The largest absolute Gasteiger partial charge is 0.398 e. The van der Waals surface area contributed by atoms with Crippen LogP contribution in [-0.2, 0) is 0 Å². The van der Waals surface area contributed by atoms with Gasteiger partial charge in [0.25, 0.3) is 0 Å². The molecule has 15 heavy (non-hydrogen) atoms. The zero-order valence-corrected chi connectivity index (χ0v) is 11.0. The minimum Gasteiger partial charge on any atom is -0.398 e. The lowest BCUT2D eigenvalue weighted by Gasteiger charge is -1.94. The van der Waals surface area contributed by atoms with Crippen molar-refractivity contribution in [3.05, 3.63) is 45.8 Å². The fourth-order valence-electron chi connectivity index (χ4n) is 0.568. The molecule has 0 unspecified atom stereocenters. The number of nitro groups is 1. The van der Waals surface area contributed by atoms with Crippen LogP contribution in [0.4, 0.5) is 0 Å². The number of allylic oxidation sites excluding steroid dienone is 4. The van der Waals surface area contributed by atoms with Crippen LogP contribution in [0.2, 0.25) is 0 Å². The number of nitrogens with zero attached hydrogens (tertiary/aromatic N) is 1. The average Bonchev–Trinajstić information content (AvgIpc) is 2.16. The van der Waals surface area contributed by atoms with E-state index in [2.05, 4.69) is 17.8 Å². The third-order valence-corrected chi connectivity index (χ3v) is 2.19. The van der Waals surface area contributed by atoms with E-state index in [4.69, 9.17) is 5.73 Å². The van der Waals surface area contributed by atoms with Gasteiger partial charge in [-0.3, -0.25) is 10.1 Å². The molecule has 0 saturated heterocycles. The Hall–Kier alpha value is -0.940. The fraction of sp³-hybridized carbons (Fsp3) is 0.111. The third kappa shape index (κ3) is 6.19. The molecular formula is C9H9IN2O2S. The van der Waals surface area contributed by atoms with Crippen molar-refractivity contribution >= 4 is 30.1 Å². The highest BCUT2D eigenvalue weighted by atomic mass is 127. The molecule has 0 aliphatic carbocycles. The Morgan fingerprint density at radius 3 is 2.67 bits per heavy atom. The highest BCUT2D eigenvalue weighted by Gasteiger charge is 1.99. The van der Waals surface area contributed by atoms with Crippen LogP contribution in [0.5, 0.6) is 0 Å². The number of rotatable bonds is 3. The molecule has 0 aromatic heterocycles. The zero-order valence-electron chi connectivity index (χ0n) is 7.99. The van der Waals surface area contributed by atoms with Crippen molar-refractivity contribution in [2.75, 3.05) is 0 Å². The lowest BCUT2D eigenvalue weighted by molar-refractivity contribution is -0.424. The van der Waals surface area contributed by atoms with E-state index in [-0.39, 0.29) is 5.70 Å². The molecule has 6 heteroatoms. The summed E-state index contributed by atoms with van der Waals surface area (Å²) in [4.78, 5) is 9.83. The highest BCUT2D eigenvalue weighted by Crippen LogP contribution is 2.09. The van der Waals surface area contributed by atoms with Gasteiger partial charge in [-0.1, -0.05) is 12.5 Å². The van der Waals surface area contributed by atoms with E-state index >= 15 is 0 Å². The summed E-state index contributed by atoms with van der Waals surface area (Å²) in [7, 11) is 1.30. The van der Waals surface area contributed by atoms with Gasteiger partial charge in [0.1, 0.15) is 0 Å². The van der Waals surface area contributed by atoms with Crippen LogP contribution in [-0.4, -0.2) is 4.92 Å². The van der Waals surface area contributed by atoms with Gasteiger partial charge in [-0.25, -0.2) is 0 Å². The maximum atomic E-state index is 10.3. The second-order valence-electron chi connectivity index (χ2n) is 2.47. The molecular weight excluding hydrogens is 327 g/mol. The van der Waals surface area contributed by atoms with E-state index in [1.165, 1.54) is 28.0 Å². The Morgan fingerprint density at radius 2 is 2.27 bits per heavy atom. The normalized spacial score (nSPS) is 11.6. The number of hydrogen-bond acceptors (Lipinski definition) is 4. The smallest absolute Gasteiger partial charge is 0.243 e. The molecule has 0 bridgehead atoms. The monoisotopic (exact) mass is 336 g/mol. The summed E-state index contributed by atoms with van der Waals surface area (Å²) in [6, 6.07) is 0. The Morgan fingerprint density at radius 1 is 1.67 bits per heavy atom. The second kappa shape index (κ2) is 7.36. The molecule has 0 aromatic carbocycles. The van der Waals surface area contributed by atoms with Gasteiger partial charge < -0.3 is 5.73 Å². The molecule has 0 fully saturated rings. The first-order valence-electron chi connectivity index (χ1n) is 3.75. The van der Waals surface area contributed by atoms with Crippen molar-refractivity contribution < 1.29 is 4.92 Å². The van der Waals surface area contributed by atoms with Gasteiger partial charge in [0.2, 0.25) is 5.70 Å².